The van der Waals surface area contributed by atoms with Crippen LogP contribution in [0.15, 0.2) is 67.6 Å². The fourth-order valence-electron chi connectivity index (χ4n) is 2.94. The van der Waals surface area contributed by atoms with Gasteiger partial charge in [0.05, 0.1) is 6.20 Å². The third-order valence-corrected chi connectivity index (χ3v) is 4.48. The molecule has 0 spiro atoms. The van der Waals surface area contributed by atoms with E-state index in [1.807, 2.05) is 23.1 Å². The zero-order chi connectivity index (χ0) is 17.9. The number of nitrogens with zero attached hydrogens (tertiary/aromatic N) is 6. The van der Waals surface area contributed by atoms with E-state index in [0.29, 0.717) is 0 Å². The smallest absolute Gasteiger partial charge is 0.116 e. The summed E-state index contributed by atoms with van der Waals surface area (Å²) >= 11 is 0. The van der Waals surface area contributed by atoms with E-state index in [2.05, 4.69) is 63.4 Å². The van der Waals surface area contributed by atoms with Crippen LogP contribution >= 0.6 is 0 Å². The molecule has 1 atom stereocenters. The average Bonchev–Trinajstić information content (AvgIpc) is 3.16. The lowest BCUT2D eigenvalue weighted by atomic mass is 9.97. The van der Waals surface area contributed by atoms with E-state index < -0.39 is 0 Å². The molecule has 6 nitrogen and oxygen atoms in total. The maximum atomic E-state index is 4.38. The van der Waals surface area contributed by atoms with Crippen molar-refractivity contribution >= 4 is 0 Å². The molecule has 1 aromatic carbocycles. The molecule has 0 aliphatic rings. The predicted molar refractivity (Wildman–Crippen MR) is 98.4 cm³/mol. The molecule has 4 aromatic rings. The molecule has 0 aliphatic carbocycles. The van der Waals surface area contributed by atoms with Gasteiger partial charge in [-0.3, -0.25) is 4.98 Å². The molecule has 0 N–H and O–H groups in total. The molecule has 0 unspecified atom stereocenters. The van der Waals surface area contributed by atoms with Gasteiger partial charge in [-0.05, 0) is 42.2 Å². The first-order chi connectivity index (χ1) is 12.7. The lowest BCUT2D eigenvalue weighted by molar-refractivity contribution is 0.569. The van der Waals surface area contributed by atoms with Crippen molar-refractivity contribution in [1.82, 2.24) is 29.9 Å². The standard InChI is InChI=1S/C20H18N6/c1-14-5-6-16(8-15(14)2)20(17-4-3-7-21-9-17)26-12-19(24-25-26)18-10-22-13-23-11-18/h3-13,20H,1-2H3/t20-/m1/s1. The first kappa shape index (κ1) is 16.1. The second-order valence-electron chi connectivity index (χ2n) is 6.24. The summed E-state index contributed by atoms with van der Waals surface area (Å²) in [6.45, 7) is 4.23. The van der Waals surface area contributed by atoms with Crippen LogP contribution < -0.4 is 0 Å². The Morgan fingerprint density at radius 1 is 0.885 bits per heavy atom. The monoisotopic (exact) mass is 342 g/mol. The summed E-state index contributed by atoms with van der Waals surface area (Å²) in [6, 6.07) is 10.4. The average molecular weight is 342 g/mol. The van der Waals surface area contributed by atoms with Crippen LogP contribution in [0.5, 0.6) is 0 Å². The summed E-state index contributed by atoms with van der Waals surface area (Å²) in [5.74, 6) is 0. The highest BCUT2D eigenvalue weighted by Crippen LogP contribution is 2.28. The molecule has 0 saturated heterocycles. The maximum absolute atomic E-state index is 4.38. The van der Waals surface area contributed by atoms with Crippen LogP contribution in [0.3, 0.4) is 0 Å². The summed E-state index contributed by atoms with van der Waals surface area (Å²) < 4.78 is 1.86. The van der Waals surface area contributed by atoms with Crippen molar-refractivity contribution in [2.75, 3.05) is 0 Å². The van der Waals surface area contributed by atoms with Gasteiger partial charge in [-0.1, -0.05) is 29.5 Å². The van der Waals surface area contributed by atoms with Crippen molar-refractivity contribution in [2.24, 2.45) is 0 Å². The molecule has 4 rings (SSSR count). The number of aryl methyl sites for hydroxylation is 2. The van der Waals surface area contributed by atoms with Gasteiger partial charge >= 0.3 is 0 Å². The molecular weight excluding hydrogens is 324 g/mol. The summed E-state index contributed by atoms with van der Waals surface area (Å²) in [5, 5.41) is 8.69. The minimum atomic E-state index is -0.103. The van der Waals surface area contributed by atoms with Crippen LogP contribution in [-0.4, -0.2) is 29.9 Å². The van der Waals surface area contributed by atoms with E-state index in [1.54, 1.807) is 18.6 Å². The predicted octanol–water partition coefficient (Wildman–Crippen LogP) is 3.38. The van der Waals surface area contributed by atoms with Crippen LogP contribution in [-0.2, 0) is 0 Å². The fourth-order valence-corrected chi connectivity index (χ4v) is 2.94. The molecule has 0 amide bonds. The zero-order valence-electron chi connectivity index (χ0n) is 14.6. The zero-order valence-corrected chi connectivity index (χ0v) is 14.6. The van der Waals surface area contributed by atoms with Crippen LogP contribution in [0.2, 0.25) is 0 Å². The van der Waals surface area contributed by atoms with Crippen LogP contribution in [0.1, 0.15) is 28.3 Å². The summed E-state index contributed by atoms with van der Waals surface area (Å²) in [5.41, 5.74) is 6.28. The Balaban J connectivity index is 1.81. The van der Waals surface area contributed by atoms with Crippen molar-refractivity contribution in [1.29, 1.82) is 0 Å². The van der Waals surface area contributed by atoms with Gasteiger partial charge in [0.25, 0.3) is 0 Å². The fraction of sp³-hybridized carbons (Fsp3) is 0.150. The largest absolute Gasteiger partial charge is 0.264 e. The van der Waals surface area contributed by atoms with Crippen molar-refractivity contribution in [3.63, 3.8) is 0 Å². The van der Waals surface area contributed by atoms with Crippen molar-refractivity contribution in [3.05, 3.63) is 89.9 Å². The van der Waals surface area contributed by atoms with Gasteiger partial charge in [0.1, 0.15) is 18.1 Å². The molecule has 0 aliphatic heterocycles. The summed E-state index contributed by atoms with van der Waals surface area (Å²) in [6.07, 6.45) is 10.5. The molecule has 3 aromatic heterocycles. The highest BCUT2D eigenvalue weighted by Gasteiger charge is 2.19. The SMILES string of the molecule is Cc1ccc([C@H](c2cccnc2)n2cc(-c3cncnc3)nn2)cc1C. The Labute approximate surface area is 151 Å². The Hall–Kier alpha value is -3.41. The van der Waals surface area contributed by atoms with Gasteiger partial charge in [0, 0.05) is 30.4 Å². The third-order valence-electron chi connectivity index (χ3n) is 4.48. The quantitative estimate of drug-likeness (QED) is 0.568. The summed E-state index contributed by atoms with van der Waals surface area (Å²) in [4.78, 5) is 12.4. The highest BCUT2D eigenvalue weighted by molar-refractivity contribution is 5.54. The molecule has 0 fully saturated rings. The maximum Gasteiger partial charge on any atom is 0.116 e. The van der Waals surface area contributed by atoms with Crippen LogP contribution in [0, 0.1) is 13.8 Å². The van der Waals surface area contributed by atoms with Crippen molar-refractivity contribution in [3.8, 4) is 11.3 Å². The number of hydrogen-bond acceptors (Lipinski definition) is 5. The van der Waals surface area contributed by atoms with Gasteiger partial charge in [-0.25, -0.2) is 14.6 Å². The molecule has 0 radical (unpaired) electrons. The lowest BCUT2D eigenvalue weighted by Crippen LogP contribution is -2.13. The van der Waals surface area contributed by atoms with E-state index in [-0.39, 0.29) is 6.04 Å². The molecule has 26 heavy (non-hydrogen) atoms. The van der Waals surface area contributed by atoms with E-state index in [4.69, 9.17) is 0 Å². The van der Waals surface area contributed by atoms with E-state index in [9.17, 15) is 0 Å². The Kier molecular flexibility index (Phi) is 4.23. The minimum Gasteiger partial charge on any atom is -0.264 e. The normalized spacial score (nSPS) is 12.1. The minimum absolute atomic E-state index is 0.103. The van der Waals surface area contributed by atoms with Gasteiger partial charge in [0.2, 0.25) is 0 Å². The van der Waals surface area contributed by atoms with Gasteiger partial charge < -0.3 is 0 Å². The van der Waals surface area contributed by atoms with Gasteiger partial charge in [-0.15, -0.1) is 5.10 Å². The van der Waals surface area contributed by atoms with Crippen molar-refractivity contribution < 1.29 is 0 Å². The Morgan fingerprint density at radius 3 is 2.46 bits per heavy atom. The molecule has 3 heterocycles. The number of rotatable bonds is 4. The Morgan fingerprint density at radius 2 is 1.73 bits per heavy atom. The lowest BCUT2D eigenvalue weighted by Gasteiger charge is -2.18. The van der Waals surface area contributed by atoms with E-state index in [0.717, 1.165) is 22.4 Å². The first-order valence-corrected chi connectivity index (χ1v) is 8.36. The molecule has 128 valence electrons. The molecular formula is C20H18N6. The topological polar surface area (TPSA) is 69.4 Å². The van der Waals surface area contributed by atoms with Gasteiger partial charge in [0.15, 0.2) is 0 Å². The highest BCUT2D eigenvalue weighted by atomic mass is 15.4. The first-order valence-electron chi connectivity index (χ1n) is 8.36. The second kappa shape index (κ2) is 6.84. The number of aromatic nitrogens is 6. The van der Waals surface area contributed by atoms with Gasteiger partial charge in [-0.2, -0.15) is 0 Å². The van der Waals surface area contributed by atoms with E-state index >= 15 is 0 Å². The second-order valence-corrected chi connectivity index (χ2v) is 6.24. The number of benzene rings is 1. The summed E-state index contributed by atoms with van der Waals surface area (Å²) in [7, 11) is 0. The van der Waals surface area contributed by atoms with Crippen molar-refractivity contribution in [2.45, 2.75) is 19.9 Å². The molecule has 0 saturated carbocycles. The Bertz CT molecular complexity index is 1010. The van der Waals surface area contributed by atoms with Crippen LogP contribution in [0.4, 0.5) is 0 Å². The number of pyridine rings is 1. The van der Waals surface area contributed by atoms with E-state index in [1.165, 1.54) is 17.5 Å². The molecule has 0 bridgehead atoms. The third kappa shape index (κ3) is 3.09. The van der Waals surface area contributed by atoms with Crippen LogP contribution in [0.25, 0.3) is 11.3 Å². The molecule has 6 heteroatoms. The number of hydrogen-bond donors (Lipinski definition) is 0.